The second-order valence-corrected chi connectivity index (χ2v) is 4.81. The fourth-order valence-electron chi connectivity index (χ4n) is 2.43. The van der Waals surface area contributed by atoms with Crippen LogP contribution in [0.3, 0.4) is 0 Å². The van der Waals surface area contributed by atoms with Gasteiger partial charge in [-0.05, 0) is 24.0 Å². The summed E-state index contributed by atoms with van der Waals surface area (Å²) < 4.78 is 5.43. The molecular weight excluding hydrogens is 236 g/mol. The van der Waals surface area contributed by atoms with E-state index in [0.29, 0.717) is 6.61 Å². The highest BCUT2D eigenvalue weighted by Gasteiger charge is 2.24. The maximum absolute atomic E-state index is 12.2. The summed E-state index contributed by atoms with van der Waals surface area (Å²) in [6, 6.07) is 17.9. The summed E-state index contributed by atoms with van der Waals surface area (Å²) >= 11 is 0. The average Bonchev–Trinajstić information content (AvgIpc) is 3.02. The van der Waals surface area contributed by atoms with Gasteiger partial charge in [0.1, 0.15) is 6.10 Å². The maximum atomic E-state index is 12.2. The minimum absolute atomic E-state index is 0.108. The summed E-state index contributed by atoms with van der Waals surface area (Å²) in [5, 5.41) is 0. The van der Waals surface area contributed by atoms with Gasteiger partial charge in [-0.25, -0.2) is 0 Å². The summed E-state index contributed by atoms with van der Waals surface area (Å²) in [6.45, 7) is 0.707. The molecule has 2 aromatic carbocycles. The number of Topliss-reactive ketones (excluding diaryl/α,β-unsaturated/α-hetero) is 1. The van der Waals surface area contributed by atoms with Gasteiger partial charge < -0.3 is 4.74 Å². The molecule has 1 saturated heterocycles. The minimum atomic E-state index is -0.234. The van der Waals surface area contributed by atoms with E-state index < -0.39 is 0 Å². The van der Waals surface area contributed by atoms with E-state index in [9.17, 15) is 4.79 Å². The standard InChI is InChI=1S/C17H16O2/c18-17(16-7-4-12-19-16)15-10-8-14(9-11-15)13-5-2-1-3-6-13/h1-3,5-6,8-11,16H,4,7,12H2. The lowest BCUT2D eigenvalue weighted by Crippen LogP contribution is -2.19. The Morgan fingerprint density at radius 2 is 1.63 bits per heavy atom. The SMILES string of the molecule is O=C(c1ccc(-c2ccccc2)cc1)C1CCCO1. The van der Waals surface area contributed by atoms with E-state index in [2.05, 4.69) is 12.1 Å². The van der Waals surface area contributed by atoms with Crippen LogP contribution in [0.1, 0.15) is 23.2 Å². The second kappa shape index (κ2) is 5.37. The summed E-state index contributed by atoms with van der Waals surface area (Å²) in [7, 11) is 0. The molecule has 1 aliphatic rings. The lowest BCUT2D eigenvalue weighted by Gasteiger charge is -2.09. The number of ether oxygens (including phenoxy) is 1. The Morgan fingerprint density at radius 1 is 0.947 bits per heavy atom. The van der Waals surface area contributed by atoms with Crippen molar-refractivity contribution < 1.29 is 9.53 Å². The Bertz CT molecular complexity index is 552. The maximum Gasteiger partial charge on any atom is 0.191 e. The summed E-state index contributed by atoms with van der Waals surface area (Å²) in [4.78, 5) is 12.2. The zero-order valence-corrected chi connectivity index (χ0v) is 10.7. The first-order valence-corrected chi connectivity index (χ1v) is 6.66. The molecule has 0 N–H and O–H groups in total. The molecule has 0 spiro atoms. The van der Waals surface area contributed by atoms with Crippen LogP contribution in [0.25, 0.3) is 11.1 Å². The highest BCUT2D eigenvalue weighted by Crippen LogP contribution is 2.22. The van der Waals surface area contributed by atoms with Gasteiger partial charge in [0.05, 0.1) is 0 Å². The molecule has 3 rings (SSSR count). The molecule has 0 amide bonds. The Labute approximate surface area is 113 Å². The van der Waals surface area contributed by atoms with E-state index in [0.717, 1.165) is 24.0 Å². The van der Waals surface area contributed by atoms with Crippen LogP contribution in [0, 0.1) is 0 Å². The highest BCUT2D eigenvalue weighted by molar-refractivity contribution is 5.99. The van der Waals surface area contributed by atoms with E-state index in [-0.39, 0.29) is 11.9 Å². The van der Waals surface area contributed by atoms with Crippen molar-refractivity contribution in [1.82, 2.24) is 0 Å². The topological polar surface area (TPSA) is 26.3 Å². The number of carbonyl (C=O) groups excluding carboxylic acids is 1. The third-order valence-electron chi connectivity index (χ3n) is 3.50. The number of carbonyl (C=O) groups is 1. The van der Waals surface area contributed by atoms with Crippen molar-refractivity contribution in [1.29, 1.82) is 0 Å². The van der Waals surface area contributed by atoms with Crippen LogP contribution in [0.15, 0.2) is 54.6 Å². The van der Waals surface area contributed by atoms with Crippen molar-refractivity contribution in [2.24, 2.45) is 0 Å². The molecule has 0 saturated carbocycles. The van der Waals surface area contributed by atoms with E-state index in [1.54, 1.807) is 0 Å². The van der Waals surface area contributed by atoms with E-state index in [1.165, 1.54) is 5.56 Å². The van der Waals surface area contributed by atoms with Gasteiger partial charge in [-0.3, -0.25) is 4.79 Å². The molecule has 1 unspecified atom stereocenters. The number of rotatable bonds is 3. The van der Waals surface area contributed by atoms with Gasteiger partial charge >= 0.3 is 0 Å². The van der Waals surface area contributed by atoms with Gasteiger partial charge in [0, 0.05) is 12.2 Å². The Kier molecular flexibility index (Phi) is 3.43. The molecule has 19 heavy (non-hydrogen) atoms. The van der Waals surface area contributed by atoms with Crippen molar-refractivity contribution in [2.75, 3.05) is 6.61 Å². The van der Waals surface area contributed by atoms with Gasteiger partial charge in [0.15, 0.2) is 5.78 Å². The second-order valence-electron chi connectivity index (χ2n) is 4.81. The van der Waals surface area contributed by atoms with Crippen molar-refractivity contribution in [3.8, 4) is 11.1 Å². The molecule has 1 atom stereocenters. The van der Waals surface area contributed by atoms with Gasteiger partial charge in [0.2, 0.25) is 0 Å². The Hall–Kier alpha value is -1.93. The zero-order chi connectivity index (χ0) is 13.1. The van der Waals surface area contributed by atoms with Crippen molar-refractivity contribution in [3.63, 3.8) is 0 Å². The number of ketones is 1. The van der Waals surface area contributed by atoms with Crippen LogP contribution in [0.4, 0.5) is 0 Å². The van der Waals surface area contributed by atoms with Crippen molar-refractivity contribution in [3.05, 3.63) is 60.2 Å². The predicted octanol–water partition coefficient (Wildman–Crippen LogP) is 3.72. The average molecular weight is 252 g/mol. The molecule has 2 heteroatoms. The van der Waals surface area contributed by atoms with Crippen LogP contribution < -0.4 is 0 Å². The molecule has 2 aromatic rings. The molecule has 0 radical (unpaired) electrons. The first kappa shape index (κ1) is 12.1. The van der Waals surface area contributed by atoms with Crippen LogP contribution >= 0.6 is 0 Å². The fourth-order valence-corrected chi connectivity index (χ4v) is 2.43. The molecule has 1 fully saturated rings. The third kappa shape index (κ3) is 2.59. The minimum Gasteiger partial charge on any atom is -0.370 e. The van der Waals surface area contributed by atoms with E-state index in [4.69, 9.17) is 4.74 Å². The van der Waals surface area contributed by atoms with Gasteiger partial charge in [-0.2, -0.15) is 0 Å². The normalized spacial score (nSPS) is 18.4. The third-order valence-corrected chi connectivity index (χ3v) is 3.50. The first-order valence-electron chi connectivity index (χ1n) is 6.66. The summed E-state index contributed by atoms with van der Waals surface area (Å²) in [6.07, 6.45) is 1.60. The van der Waals surface area contributed by atoms with E-state index in [1.807, 2.05) is 42.5 Å². The first-order chi connectivity index (χ1) is 9.34. The van der Waals surface area contributed by atoms with Crippen molar-refractivity contribution >= 4 is 5.78 Å². The molecule has 1 aliphatic heterocycles. The van der Waals surface area contributed by atoms with Crippen LogP contribution in [0.2, 0.25) is 0 Å². The molecule has 2 nitrogen and oxygen atoms in total. The Balaban J connectivity index is 1.81. The molecule has 0 aliphatic carbocycles. The van der Waals surface area contributed by atoms with Crippen molar-refractivity contribution in [2.45, 2.75) is 18.9 Å². The van der Waals surface area contributed by atoms with Gasteiger partial charge in [0.25, 0.3) is 0 Å². The molecule has 96 valence electrons. The smallest absolute Gasteiger partial charge is 0.191 e. The summed E-state index contributed by atoms with van der Waals surface area (Å²) in [5.41, 5.74) is 3.04. The van der Waals surface area contributed by atoms with Crippen LogP contribution in [-0.4, -0.2) is 18.5 Å². The predicted molar refractivity (Wildman–Crippen MR) is 75.2 cm³/mol. The van der Waals surface area contributed by atoms with Gasteiger partial charge in [-0.1, -0.05) is 54.6 Å². The molecule has 0 aromatic heterocycles. The molecular formula is C17H16O2. The number of hydrogen-bond donors (Lipinski definition) is 0. The molecule has 1 heterocycles. The number of hydrogen-bond acceptors (Lipinski definition) is 2. The van der Waals surface area contributed by atoms with E-state index >= 15 is 0 Å². The highest BCUT2D eigenvalue weighted by atomic mass is 16.5. The van der Waals surface area contributed by atoms with Gasteiger partial charge in [-0.15, -0.1) is 0 Å². The lowest BCUT2D eigenvalue weighted by atomic mass is 10.00. The number of benzene rings is 2. The fraction of sp³-hybridized carbons (Fsp3) is 0.235. The monoisotopic (exact) mass is 252 g/mol. The quantitative estimate of drug-likeness (QED) is 0.778. The zero-order valence-electron chi connectivity index (χ0n) is 10.7. The molecule has 0 bridgehead atoms. The largest absolute Gasteiger partial charge is 0.370 e. The van der Waals surface area contributed by atoms with Crippen LogP contribution in [-0.2, 0) is 4.74 Å². The Morgan fingerprint density at radius 3 is 2.26 bits per heavy atom. The summed E-state index contributed by atoms with van der Waals surface area (Å²) in [5.74, 6) is 0.108. The lowest BCUT2D eigenvalue weighted by molar-refractivity contribution is 0.0643. The van der Waals surface area contributed by atoms with Crippen LogP contribution in [0.5, 0.6) is 0 Å².